The number of benzene rings is 1. The number of carbonyl (C=O) groups is 2. The molecule has 0 unspecified atom stereocenters. The lowest BCUT2D eigenvalue weighted by Gasteiger charge is -2.06. The summed E-state index contributed by atoms with van der Waals surface area (Å²) in [6.45, 7) is 2.01. The molecule has 3 rings (SSSR count). The first-order valence-electron chi connectivity index (χ1n) is 7.40. The van der Waals surface area contributed by atoms with Gasteiger partial charge in [0.1, 0.15) is 10.7 Å². The fourth-order valence-corrected chi connectivity index (χ4v) is 4.21. The minimum absolute atomic E-state index is 0.223. The molecule has 2 amide bonds. The average molecular weight is 390 g/mol. The lowest BCUT2D eigenvalue weighted by molar-refractivity contribution is -0.119. The first-order chi connectivity index (χ1) is 12.1. The van der Waals surface area contributed by atoms with Crippen molar-refractivity contribution in [1.82, 2.24) is 15.8 Å². The van der Waals surface area contributed by atoms with E-state index in [2.05, 4.69) is 15.8 Å². The third kappa shape index (κ3) is 4.91. The maximum absolute atomic E-state index is 12.1. The van der Waals surface area contributed by atoms with Gasteiger partial charge in [-0.3, -0.25) is 20.4 Å². The molecule has 0 aliphatic heterocycles. The van der Waals surface area contributed by atoms with E-state index in [0.29, 0.717) is 5.69 Å². The van der Waals surface area contributed by atoms with Gasteiger partial charge in [0.15, 0.2) is 0 Å². The molecule has 8 heteroatoms. The largest absolute Gasteiger partial charge is 0.289 e. The molecule has 0 saturated carbocycles. The Balaban J connectivity index is 1.47. The standard InChI is InChI=1S/C17H15N3O2S3/c1-11-4-6-12(7-5-11)24-10-15(21)19-20-16(22)13-9-25-17(18-13)14-3-2-8-23-14/h2-9H,10H2,1H3,(H,19,21)(H,20,22). The second-order valence-electron chi connectivity index (χ2n) is 5.12. The average Bonchev–Trinajstić information content (AvgIpc) is 3.30. The molecule has 2 heterocycles. The summed E-state index contributed by atoms with van der Waals surface area (Å²) >= 11 is 4.38. The molecular formula is C17H15N3O2S3. The molecule has 25 heavy (non-hydrogen) atoms. The van der Waals surface area contributed by atoms with E-state index in [-0.39, 0.29) is 11.7 Å². The molecule has 2 N–H and O–H groups in total. The van der Waals surface area contributed by atoms with Crippen LogP contribution in [0.1, 0.15) is 16.1 Å². The Morgan fingerprint density at radius 2 is 1.92 bits per heavy atom. The summed E-state index contributed by atoms with van der Waals surface area (Å²) in [5.74, 6) is -0.471. The van der Waals surface area contributed by atoms with E-state index in [4.69, 9.17) is 0 Å². The van der Waals surface area contributed by atoms with Crippen LogP contribution in [0.5, 0.6) is 0 Å². The summed E-state index contributed by atoms with van der Waals surface area (Å²) in [6.07, 6.45) is 0. The monoisotopic (exact) mass is 389 g/mol. The molecule has 0 aliphatic rings. The number of hydrogen-bond acceptors (Lipinski definition) is 6. The molecule has 0 atom stereocenters. The molecule has 0 fully saturated rings. The smallest absolute Gasteiger partial charge is 0.272 e. The van der Waals surface area contributed by atoms with Gasteiger partial charge < -0.3 is 0 Å². The Morgan fingerprint density at radius 3 is 2.64 bits per heavy atom. The predicted octanol–water partition coefficient (Wildman–Crippen LogP) is 3.73. The Bertz CT molecular complexity index is 858. The molecule has 1 aromatic carbocycles. The van der Waals surface area contributed by atoms with Gasteiger partial charge in [0.2, 0.25) is 5.91 Å². The van der Waals surface area contributed by atoms with E-state index in [0.717, 1.165) is 14.8 Å². The third-order valence-electron chi connectivity index (χ3n) is 3.18. The summed E-state index contributed by atoms with van der Waals surface area (Å²) in [6, 6.07) is 11.8. The highest BCUT2D eigenvalue weighted by atomic mass is 32.2. The zero-order valence-corrected chi connectivity index (χ0v) is 15.8. The molecule has 3 aromatic rings. The summed E-state index contributed by atoms with van der Waals surface area (Å²) < 4.78 is 0. The van der Waals surface area contributed by atoms with Crippen LogP contribution in [0.4, 0.5) is 0 Å². The Labute approximate surface area is 157 Å². The van der Waals surface area contributed by atoms with E-state index in [1.54, 1.807) is 16.7 Å². The number of nitrogens with one attached hydrogen (secondary N) is 2. The number of aromatic nitrogens is 1. The van der Waals surface area contributed by atoms with Crippen LogP contribution in [0.25, 0.3) is 9.88 Å². The molecule has 0 spiro atoms. The van der Waals surface area contributed by atoms with Crippen molar-refractivity contribution in [3.8, 4) is 9.88 Å². The number of rotatable bonds is 5. The number of thiophene rings is 1. The summed E-state index contributed by atoms with van der Waals surface area (Å²) in [5.41, 5.74) is 6.28. The number of amides is 2. The van der Waals surface area contributed by atoms with E-state index in [9.17, 15) is 9.59 Å². The minimum atomic E-state index is -0.423. The zero-order valence-electron chi connectivity index (χ0n) is 13.3. The maximum atomic E-state index is 12.1. The van der Waals surface area contributed by atoms with Gasteiger partial charge in [0.05, 0.1) is 10.6 Å². The number of thioether (sulfide) groups is 1. The molecule has 0 radical (unpaired) electrons. The van der Waals surface area contributed by atoms with E-state index < -0.39 is 5.91 Å². The first kappa shape index (κ1) is 17.7. The van der Waals surface area contributed by atoms with Gasteiger partial charge in [-0.15, -0.1) is 34.4 Å². The molecular weight excluding hydrogens is 374 g/mol. The van der Waals surface area contributed by atoms with Gasteiger partial charge in [-0.2, -0.15) is 0 Å². The van der Waals surface area contributed by atoms with Gasteiger partial charge in [-0.1, -0.05) is 23.8 Å². The highest BCUT2D eigenvalue weighted by Crippen LogP contribution is 2.27. The maximum Gasteiger partial charge on any atom is 0.289 e. The quantitative estimate of drug-likeness (QED) is 0.515. The number of carbonyl (C=O) groups excluding carboxylic acids is 2. The second kappa shape index (κ2) is 8.28. The van der Waals surface area contributed by atoms with Gasteiger partial charge in [-0.25, -0.2) is 4.98 Å². The lowest BCUT2D eigenvalue weighted by Crippen LogP contribution is -2.42. The van der Waals surface area contributed by atoms with Crippen LogP contribution in [0.15, 0.2) is 52.1 Å². The van der Waals surface area contributed by atoms with Gasteiger partial charge >= 0.3 is 0 Å². The van der Waals surface area contributed by atoms with E-state index >= 15 is 0 Å². The minimum Gasteiger partial charge on any atom is -0.272 e. The van der Waals surface area contributed by atoms with Crippen LogP contribution in [0.2, 0.25) is 0 Å². The molecule has 5 nitrogen and oxygen atoms in total. The number of hydrogen-bond donors (Lipinski definition) is 2. The van der Waals surface area contributed by atoms with E-state index in [1.165, 1.54) is 28.7 Å². The molecule has 2 aromatic heterocycles. The number of thiazole rings is 1. The van der Waals surface area contributed by atoms with E-state index in [1.807, 2.05) is 48.7 Å². The fraction of sp³-hybridized carbons (Fsp3) is 0.118. The highest BCUT2D eigenvalue weighted by molar-refractivity contribution is 8.00. The Kier molecular flexibility index (Phi) is 5.85. The van der Waals surface area contributed by atoms with Crippen molar-refractivity contribution in [3.63, 3.8) is 0 Å². The number of hydrazine groups is 1. The molecule has 0 bridgehead atoms. The van der Waals surface area contributed by atoms with Crippen molar-refractivity contribution in [3.05, 3.63) is 58.4 Å². The van der Waals surface area contributed by atoms with Crippen molar-refractivity contribution in [2.24, 2.45) is 0 Å². The van der Waals surface area contributed by atoms with Crippen molar-refractivity contribution >= 4 is 46.2 Å². The van der Waals surface area contributed by atoms with Gasteiger partial charge in [0, 0.05) is 10.3 Å². The van der Waals surface area contributed by atoms with Crippen molar-refractivity contribution in [2.45, 2.75) is 11.8 Å². The van der Waals surface area contributed by atoms with Gasteiger partial charge in [0.25, 0.3) is 5.91 Å². The molecule has 128 valence electrons. The predicted molar refractivity (Wildman–Crippen MR) is 103 cm³/mol. The first-order valence-corrected chi connectivity index (χ1v) is 10.1. The van der Waals surface area contributed by atoms with Crippen molar-refractivity contribution < 1.29 is 9.59 Å². The van der Waals surface area contributed by atoms with Crippen LogP contribution in [-0.2, 0) is 4.79 Å². The number of aryl methyl sites for hydroxylation is 1. The second-order valence-corrected chi connectivity index (χ2v) is 7.97. The molecule has 0 saturated heterocycles. The third-order valence-corrected chi connectivity index (χ3v) is 6.07. The summed E-state index contributed by atoms with van der Waals surface area (Å²) in [5, 5.41) is 4.43. The highest BCUT2D eigenvalue weighted by Gasteiger charge is 2.13. The van der Waals surface area contributed by atoms with Crippen LogP contribution >= 0.6 is 34.4 Å². The van der Waals surface area contributed by atoms with Crippen LogP contribution in [0, 0.1) is 6.92 Å². The van der Waals surface area contributed by atoms with Crippen molar-refractivity contribution in [1.29, 1.82) is 0 Å². The molecule has 0 aliphatic carbocycles. The topological polar surface area (TPSA) is 71.1 Å². The Hall–Kier alpha value is -2.16. The van der Waals surface area contributed by atoms with Gasteiger partial charge in [-0.05, 0) is 30.5 Å². The van der Waals surface area contributed by atoms with Crippen LogP contribution in [-0.4, -0.2) is 22.6 Å². The fourth-order valence-electron chi connectivity index (χ4n) is 1.90. The zero-order chi connectivity index (χ0) is 17.6. The lowest BCUT2D eigenvalue weighted by atomic mass is 10.2. The number of nitrogens with zero attached hydrogens (tertiary/aromatic N) is 1. The summed E-state index contributed by atoms with van der Waals surface area (Å²) in [7, 11) is 0. The van der Waals surface area contributed by atoms with Crippen LogP contribution in [0.3, 0.4) is 0 Å². The normalized spacial score (nSPS) is 10.4. The van der Waals surface area contributed by atoms with Crippen molar-refractivity contribution in [2.75, 3.05) is 5.75 Å². The van der Waals surface area contributed by atoms with Crippen LogP contribution < -0.4 is 10.9 Å². The Morgan fingerprint density at radius 1 is 1.12 bits per heavy atom. The summed E-state index contributed by atoms with van der Waals surface area (Å²) in [4.78, 5) is 30.2. The SMILES string of the molecule is Cc1ccc(SCC(=O)NNC(=O)c2csc(-c3cccs3)n2)cc1.